The Morgan fingerprint density at radius 2 is 1.92 bits per heavy atom. The summed E-state index contributed by atoms with van der Waals surface area (Å²) in [5.74, 6) is -0.446. The number of aromatic nitrogens is 2. The van der Waals surface area contributed by atoms with Gasteiger partial charge in [0, 0.05) is 18.4 Å². The van der Waals surface area contributed by atoms with E-state index < -0.39 is 0 Å². The maximum Gasteiger partial charge on any atom is 0.256 e. The quantitative estimate of drug-likeness (QED) is 0.732. The first-order chi connectivity index (χ1) is 12.1. The standard InChI is InChI=1S/C17H12N4O3S/c22-13-4-5-14(23)21(13)11-3-1-2-10(8-11)16(24)20-15-12-6-7-25-17(12)19-9-18-15/h1-3,6-9H,4-5H2,(H,18,19,20,24). The van der Waals surface area contributed by atoms with Crippen molar-refractivity contribution in [3.05, 3.63) is 47.6 Å². The molecule has 25 heavy (non-hydrogen) atoms. The largest absolute Gasteiger partial charge is 0.306 e. The number of carbonyl (C=O) groups excluding carboxylic acids is 3. The van der Waals surface area contributed by atoms with Gasteiger partial charge in [0.25, 0.3) is 5.91 Å². The molecule has 3 heterocycles. The van der Waals surface area contributed by atoms with E-state index in [0.29, 0.717) is 17.1 Å². The van der Waals surface area contributed by atoms with Crippen molar-refractivity contribution in [3.8, 4) is 0 Å². The lowest BCUT2D eigenvalue weighted by molar-refractivity contribution is -0.121. The summed E-state index contributed by atoms with van der Waals surface area (Å²) in [5.41, 5.74) is 0.746. The van der Waals surface area contributed by atoms with Crippen molar-refractivity contribution >= 4 is 50.8 Å². The molecule has 0 spiro atoms. The number of amides is 3. The molecule has 0 atom stereocenters. The van der Waals surface area contributed by atoms with Crippen LogP contribution in [0.2, 0.25) is 0 Å². The normalized spacial score (nSPS) is 14.3. The van der Waals surface area contributed by atoms with E-state index in [1.165, 1.54) is 23.7 Å². The molecule has 0 unspecified atom stereocenters. The molecule has 0 aliphatic carbocycles. The van der Waals surface area contributed by atoms with Crippen molar-refractivity contribution in [2.24, 2.45) is 0 Å². The van der Waals surface area contributed by atoms with Gasteiger partial charge in [-0.25, -0.2) is 9.97 Å². The average Bonchev–Trinajstić information content (AvgIpc) is 3.22. The van der Waals surface area contributed by atoms with Gasteiger partial charge in [0.05, 0.1) is 11.1 Å². The highest BCUT2D eigenvalue weighted by Crippen LogP contribution is 2.26. The summed E-state index contributed by atoms with van der Waals surface area (Å²) < 4.78 is 0. The van der Waals surface area contributed by atoms with E-state index in [9.17, 15) is 14.4 Å². The minimum atomic E-state index is -0.368. The second kappa shape index (κ2) is 6.06. The molecule has 1 N–H and O–H groups in total. The Hall–Kier alpha value is -3.13. The predicted octanol–water partition coefficient (Wildman–Crippen LogP) is 2.60. The van der Waals surface area contributed by atoms with E-state index in [1.54, 1.807) is 18.2 Å². The summed E-state index contributed by atoms with van der Waals surface area (Å²) in [6, 6.07) is 8.27. The molecular weight excluding hydrogens is 340 g/mol. The number of nitrogens with zero attached hydrogens (tertiary/aromatic N) is 3. The monoisotopic (exact) mass is 352 g/mol. The maximum atomic E-state index is 12.6. The number of nitrogens with one attached hydrogen (secondary N) is 1. The number of hydrogen-bond acceptors (Lipinski definition) is 6. The predicted molar refractivity (Wildman–Crippen MR) is 93.5 cm³/mol. The van der Waals surface area contributed by atoms with Gasteiger partial charge in [0.15, 0.2) is 0 Å². The number of benzene rings is 1. The van der Waals surface area contributed by atoms with Gasteiger partial charge in [0.1, 0.15) is 17.0 Å². The molecule has 1 fully saturated rings. The lowest BCUT2D eigenvalue weighted by Crippen LogP contribution is -2.28. The first kappa shape index (κ1) is 15.4. The smallest absolute Gasteiger partial charge is 0.256 e. The van der Waals surface area contributed by atoms with Crippen LogP contribution in [0.15, 0.2) is 42.0 Å². The van der Waals surface area contributed by atoms with Crippen molar-refractivity contribution in [2.75, 3.05) is 10.2 Å². The van der Waals surface area contributed by atoms with E-state index in [2.05, 4.69) is 15.3 Å². The Morgan fingerprint density at radius 1 is 1.12 bits per heavy atom. The number of hydrogen-bond donors (Lipinski definition) is 1. The lowest BCUT2D eigenvalue weighted by Gasteiger charge is -2.14. The highest BCUT2D eigenvalue weighted by atomic mass is 32.1. The zero-order valence-corrected chi connectivity index (χ0v) is 13.7. The van der Waals surface area contributed by atoms with Crippen LogP contribution >= 0.6 is 11.3 Å². The first-order valence-electron chi connectivity index (χ1n) is 7.59. The van der Waals surface area contributed by atoms with Crippen molar-refractivity contribution in [1.29, 1.82) is 0 Å². The molecule has 8 heteroatoms. The summed E-state index contributed by atoms with van der Waals surface area (Å²) in [6.07, 6.45) is 1.80. The van der Waals surface area contributed by atoms with E-state index in [0.717, 1.165) is 15.1 Å². The van der Waals surface area contributed by atoms with Gasteiger partial charge in [-0.15, -0.1) is 11.3 Å². The average molecular weight is 352 g/mol. The minimum Gasteiger partial charge on any atom is -0.306 e. The second-order valence-corrected chi connectivity index (χ2v) is 6.38. The third-order valence-corrected chi connectivity index (χ3v) is 4.73. The molecule has 3 amide bonds. The van der Waals surface area contributed by atoms with E-state index in [1.807, 2.05) is 11.4 Å². The third-order valence-electron chi connectivity index (χ3n) is 3.91. The van der Waals surface area contributed by atoms with Gasteiger partial charge in [-0.3, -0.25) is 19.3 Å². The fourth-order valence-electron chi connectivity index (χ4n) is 2.72. The Labute approximate surface area is 146 Å². The number of imide groups is 1. The van der Waals surface area contributed by atoms with E-state index in [4.69, 9.17) is 0 Å². The summed E-state index contributed by atoms with van der Waals surface area (Å²) in [7, 11) is 0. The minimum absolute atomic E-state index is 0.201. The zero-order valence-electron chi connectivity index (χ0n) is 12.9. The summed E-state index contributed by atoms with van der Waals surface area (Å²) >= 11 is 1.46. The van der Waals surface area contributed by atoms with Crippen LogP contribution in [0.1, 0.15) is 23.2 Å². The molecule has 1 saturated heterocycles. The topological polar surface area (TPSA) is 92.3 Å². The van der Waals surface area contributed by atoms with E-state index in [-0.39, 0.29) is 30.6 Å². The first-order valence-corrected chi connectivity index (χ1v) is 8.47. The van der Waals surface area contributed by atoms with Crippen molar-refractivity contribution < 1.29 is 14.4 Å². The highest BCUT2D eigenvalue weighted by molar-refractivity contribution is 7.16. The molecule has 1 aliphatic rings. The molecule has 3 aromatic rings. The molecule has 0 saturated carbocycles. The van der Waals surface area contributed by atoms with Crippen LogP contribution in [0.5, 0.6) is 0 Å². The molecule has 1 aromatic carbocycles. The summed E-state index contributed by atoms with van der Waals surface area (Å²) in [5, 5.41) is 5.40. The lowest BCUT2D eigenvalue weighted by atomic mass is 10.1. The fourth-order valence-corrected chi connectivity index (χ4v) is 3.45. The maximum absolute atomic E-state index is 12.6. The Bertz CT molecular complexity index is 998. The molecule has 1 aliphatic heterocycles. The van der Waals surface area contributed by atoms with Gasteiger partial charge in [0.2, 0.25) is 11.8 Å². The highest BCUT2D eigenvalue weighted by Gasteiger charge is 2.30. The molecular formula is C17H12N4O3S. The molecule has 2 aromatic heterocycles. The molecule has 7 nitrogen and oxygen atoms in total. The second-order valence-electron chi connectivity index (χ2n) is 5.49. The molecule has 0 bridgehead atoms. The fraction of sp³-hybridized carbons (Fsp3) is 0.118. The SMILES string of the molecule is O=C(Nc1ncnc2sccc12)c1cccc(N2C(=O)CCC2=O)c1. The van der Waals surface area contributed by atoms with Crippen LogP contribution < -0.4 is 10.2 Å². The van der Waals surface area contributed by atoms with Gasteiger partial charge < -0.3 is 5.32 Å². The number of thiophene rings is 1. The molecule has 4 rings (SSSR count). The van der Waals surface area contributed by atoms with Gasteiger partial charge >= 0.3 is 0 Å². The zero-order chi connectivity index (χ0) is 17.4. The van der Waals surface area contributed by atoms with E-state index >= 15 is 0 Å². The summed E-state index contributed by atoms with van der Waals surface area (Å²) in [6.45, 7) is 0. The third kappa shape index (κ3) is 2.76. The number of fused-ring (bicyclic) bond motifs is 1. The van der Waals surface area contributed by atoms with Crippen molar-refractivity contribution in [1.82, 2.24) is 9.97 Å². The van der Waals surface area contributed by atoms with Gasteiger partial charge in [-0.05, 0) is 29.6 Å². The summed E-state index contributed by atoms with van der Waals surface area (Å²) in [4.78, 5) is 46.4. The Balaban J connectivity index is 1.63. The van der Waals surface area contributed by atoms with Crippen LogP contribution in [0.25, 0.3) is 10.2 Å². The van der Waals surface area contributed by atoms with Crippen molar-refractivity contribution in [3.63, 3.8) is 0 Å². The van der Waals surface area contributed by atoms with Gasteiger partial charge in [-0.1, -0.05) is 6.07 Å². The van der Waals surface area contributed by atoms with Crippen LogP contribution in [0, 0.1) is 0 Å². The van der Waals surface area contributed by atoms with Gasteiger partial charge in [-0.2, -0.15) is 0 Å². The van der Waals surface area contributed by atoms with Crippen molar-refractivity contribution in [2.45, 2.75) is 12.8 Å². The number of carbonyl (C=O) groups is 3. The Kier molecular flexibility index (Phi) is 3.73. The van der Waals surface area contributed by atoms with Crippen LogP contribution in [-0.2, 0) is 9.59 Å². The molecule has 0 radical (unpaired) electrons. The molecule has 124 valence electrons. The number of rotatable bonds is 3. The van der Waals surface area contributed by atoms with Crippen LogP contribution in [-0.4, -0.2) is 27.7 Å². The van der Waals surface area contributed by atoms with Crippen LogP contribution in [0.3, 0.4) is 0 Å². The Morgan fingerprint density at radius 3 is 2.72 bits per heavy atom. The number of anilines is 2. The van der Waals surface area contributed by atoms with Crippen LogP contribution in [0.4, 0.5) is 11.5 Å².